The number of nitrogens with one attached hydrogen (secondary N) is 2. The fraction of sp³-hybridized carbons (Fsp3) is 0.400. The summed E-state index contributed by atoms with van der Waals surface area (Å²) in [6.45, 7) is 0. The van der Waals surface area contributed by atoms with Crippen LogP contribution in [0.4, 0.5) is 10.3 Å². The molecule has 0 aliphatic heterocycles. The molecule has 5 rings (SSSR count). The smallest absolute Gasteiger partial charge is 0.230 e. The third kappa shape index (κ3) is 8.25. The number of carbonyl (C=O) groups is 2. The fourth-order valence-electron chi connectivity index (χ4n) is 5.27. The molecule has 9 nitrogen and oxygen atoms in total. The second kappa shape index (κ2) is 14.4. The van der Waals surface area contributed by atoms with Gasteiger partial charge < -0.3 is 15.7 Å². The number of unbranched alkanes of at least 4 members (excludes halogenated alkanes) is 1. The maximum atomic E-state index is 13.2. The number of rotatable bonds is 12. The minimum atomic E-state index is -0.660. The van der Waals surface area contributed by atoms with E-state index in [-0.39, 0.29) is 23.7 Å². The van der Waals surface area contributed by atoms with Crippen LogP contribution < -0.4 is 10.6 Å². The predicted molar refractivity (Wildman–Crippen MR) is 161 cm³/mol. The van der Waals surface area contributed by atoms with Crippen LogP contribution in [0.5, 0.6) is 0 Å². The summed E-state index contributed by atoms with van der Waals surface area (Å²) in [4.78, 5) is 25.4. The van der Waals surface area contributed by atoms with Crippen molar-refractivity contribution >= 4 is 44.8 Å². The van der Waals surface area contributed by atoms with Gasteiger partial charge in [0.1, 0.15) is 10.0 Å². The van der Waals surface area contributed by atoms with E-state index in [1.165, 1.54) is 22.7 Å². The van der Waals surface area contributed by atoms with Gasteiger partial charge in [0, 0.05) is 24.7 Å². The Balaban J connectivity index is 1.05. The lowest BCUT2D eigenvalue weighted by Gasteiger charge is -2.33. The summed E-state index contributed by atoms with van der Waals surface area (Å²) in [5.41, 5.74) is 1.81. The molecule has 1 saturated carbocycles. The van der Waals surface area contributed by atoms with Gasteiger partial charge in [-0.1, -0.05) is 96.2 Å². The van der Waals surface area contributed by atoms with Gasteiger partial charge in [-0.25, -0.2) is 0 Å². The number of aryl methyl sites for hydroxylation is 2. The zero-order chi connectivity index (χ0) is 28.4. The van der Waals surface area contributed by atoms with E-state index in [0.29, 0.717) is 16.7 Å². The van der Waals surface area contributed by atoms with Crippen molar-refractivity contribution in [3.05, 3.63) is 81.8 Å². The van der Waals surface area contributed by atoms with E-state index in [0.717, 1.165) is 72.5 Å². The Kier molecular flexibility index (Phi) is 10.2. The number of aliphatic hydroxyl groups is 1. The molecule has 2 aromatic carbocycles. The Hall–Kier alpha value is -3.54. The molecular formula is C30H34N6O3S2. The zero-order valence-corrected chi connectivity index (χ0v) is 24.4. The summed E-state index contributed by atoms with van der Waals surface area (Å²) in [5, 5.41) is 36.3. The average Bonchev–Trinajstić information content (AvgIpc) is 3.64. The highest BCUT2D eigenvalue weighted by Crippen LogP contribution is 2.39. The van der Waals surface area contributed by atoms with Crippen molar-refractivity contribution in [2.24, 2.45) is 11.8 Å². The Morgan fingerprint density at radius 1 is 0.805 bits per heavy atom. The number of amides is 2. The van der Waals surface area contributed by atoms with Gasteiger partial charge in [-0.15, -0.1) is 20.4 Å². The molecule has 11 heteroatoms. The van der Waals surface area contributed by atoms with Gasteiger partial charge in [0.25, 0.3) is 0 Å². The van der Waals surface area contributed by atoms with Gasteiger partial charge in [-0.2, -0.15) is 0 Å². The molecule has 0 bridgehead atoms. The molecule has 0 spiro atoms. The normalized spacial score (nSPS) is 17.6. The van der Waals surface area contributed by atoms with E-state index in [2.05, 4.69) is 31.0 Å². The lowest BCUT2D eigenvalue weighted by molar-refractivity contribution is -0.124. The molecule has 2 heterocycles. The number of hydrogen-bond donors (Lipinski definition) is 3. The maximum Gasteiger partial charge on any atom is 0.230 e. The standard InChI is InChI=1S/C30H34N6O3S2/c37-24(19-20-11-3-1-4-12-20)31-29-35-33-25(40-29)17-9-10-18-26-34-36-30(41-26)32-28(39)23-16-8-7-15-22(23)27(38)21-13-5-2-6-14-21/h1-6,11-14,22-23,27,38H,7-10,15-19H2,(H,31,35,37)(H,32,36,39)/t22-,23-,27?/m1/s1. The Bertz CT molecular complexity index is 1410. The highest BCUT2D eigenvalue weighted by atomic mass is 32.1. The number of hydrogen-bond acceptors (Lipinski definition) is 9. The molecule has 2 aromatic heterocycles. The fourth-order valence-corrected chi connectivity index (χ4v) is 6.85. The first kappa shape index (κ1) is 29.0. The van der Waals surface area contributed by atoms with Gasteiger partial charge >= 0.3 is 0 Å². The van der Waals surface area contributed by atoms with Crippen LogP contribution in [0.2, 0.25) is 0 Å². The number of carbonyl (C=O) groups excluding carboxylic acids is 2. The number of aromatic nitrogens is 4. The van der Waals surface area contributed by atoms with Crippen molar-refractivity contribution in [3.8, 4) is 0 Å². The minimum absolute atomic E-state index is 0.0877. The number of benzene rings is 2. The predicted octanol–water partition coefficient (Wildman–Crippen LogP) is 5.61. The second-order valence-electron chi connectivity index (χ2n) is 10.3. The Morgan fingerprint density at radius 3 is 2.05 bits per heavy atom. The molecule has 1 aliphatic rings. The van der Waals surface area contributed by atoms with Crippen molar-refractivity contribution in [1.29, 1.82) is 0 Å². The minimum Gasteiger partial charge on any atom is -0.388 e. The van der Waals surface area contributed by atoms with Crippen LogP contribution in [0.3, 0.4) is 0 Å². The average molecular weight is 591 g/mol. The molecule has 1 fully saturated rings. The first-order valence-electron chi connectivity index (χ1n) is 14.1. The molecule has 3 atom stereocenters. The quantitative estimate of drug-likeness (QED) is 0.183. The summed E-state index contributed by atoms with van der Waals surface area (Å²) < 4.78 is 0. The molecule has 3 N–H and O–H groups in total. The van der Waals surface area contributed by atoms with Crippen LogP contribution in [0.25, 0.3) is 0 Å². The Morgan fingerprint density at radius 2 is 1.39 bits per heavy atom. The summed E-state index contributed by atoms with van der Waals surface area (Å²) in [5.74, 6) is -0.567. The number of nitrogens with zero attached hydrogens (tertiary/aromatic N) is 4. The van der Waals surface area contributed by atoms with Crippen LogP contribution in [-0.4, -0.2) is 37.3 Å². The van der Waals surface area contributed by atoms with Crippen LogP contribution in [-0.2, 0) is 28.9 Å². The summed E-state index contributed by atoms with van der Waals surface area (Å²) in [6, 6.07) is 19.2. The zero-order valence-electron chi connectivity index (χ0n) is 22.7. The van der Waals surface area contributed by atoms with Gasteiger partial charge in [-0.05, 0) is 36.8 Å². The first-order valence-corrected chi connectivity index (χ1v) is 15.7. The van der Waals surface area contributed by atoms with Gasteiger partial charge in [0.05, 0.1) is 12.5 Å². The van der Waals surface area contributed by atoms with Crippen molar-refractivity contribution in [3.63, 3.8) is 0 Å². The van der Waals surface area contributed by atoms with Crippen LogP contribution in [0.1, 0.15) is 65.8 Å². The summed E-state index contributed by atoms with van der Waals surface area (Å²) in [6.07, 6.45) is 6.54. The molecular weight excluding hydrogens is 557 g/mol. The van der Waals surface area contributed by atoms with E-state index in [9.17, 15) is 14.7 Å². The molecule has 1 unspecified atom stereocenters. The molecule has 0 saturated heterocycles. The van der Waals surface area contributed by atoms with Crippen molar-refractivity contribution < 1.29 is 14.7 Å². The van der Waals surface area contributed by atoms with Crippen LogP contribution in [0.15, 0.2) is 60.7 Å². The molecule has 41 heavy (non-hydrogen) atoms. The first-order chi connectivity index (χ1) is 20.0. The van der Waals surface area contributed by atoms with E-state index in [1.54, 1.807) is 0 Å². The van der Waals surface area contributed by atoms with E-state index in [1.807, 2.05) is 60.7 Å². The van der Waals surface area contributed by atoms with Gasteiger partial charge in [-0.3, -0.25) is 9.59 Å². The van der Waals surface area contributed by atoms with Gasteiger partial charge in [0.15, 0.2) is 0 Å². The number of anilines is 2. The molecule has 2 amide bonds. The van der Waals surface area contributed by atoms with E-state index < -0.39 is 6.10 Å². The SMILES string of the molecule is O=C(Cc1ccccc1)Nc1nnc(CCCCc2nnc(NC(=O)[C@@H]3CCCC[C@H]3C(O)c3ccccc3)s2)s1. The molecule has 0 radical (unpaired) electrons. The largest absolute Gasteiger partial charge is 0.388 e. The van der Waals surface area contributed by atoms with Gasteiger partial charge in [0.2, 0.25) is 22.1 Å². The third-order valence-electron chi connectivity index (χ3n) is 7.35. The van der Waals surface area contributed by atoms with Crippen molar-refractivity contribution in [1.82, 2.24) is 20.4 Å². The third-order valence-corrected chi connectivity index (χ3v) is 9.15. The lowest BCUT2D eigenvalue weighted by atomic mass is 9.74. The van der Waals surface area contributed by atoms with Crippen LogP contribution >= 0.6 is 22.7 Å². The molecule has 214 valence electrons. The highest BCUT2D eigenvalue weighted by Gasteiger charge is 2.36. The maximum absolute atomic E-state index is 13.2. The van der Waals surface area contributed by atoms with Crippen LogP contribution in [0, 0.1) is 11.8 Å². The second-order valence-corrected chi connectivity index (χ2v) is 12.4. The summed E-state index contributed by atoms with van der Waals surface area (Å²) >= 11 is 2.80. The molecule has 1 aliphatic carbocycles. The number of aliphatic hydroxyl groups excluding tert-OH is 1. The van der Waals surface area contributed by atoms with Crippen molar-refractivity contribution in [2.45, 2.75) is 63.9 Å². The highest BCUT2D eigenvalue weighted by molar-refractivity contribution is 7.15. The van der Waals surface area contributed by atoms with Crippen molar-refractivity contribution in [2.75, 3.05) is 10.6 Å². The molecule has 4 aromatic rings. The topological polar surface area (TPSA) is 130 Å². The monoisotopic (exact) mass is 590 g/mol. The summed E-state index contributed by atoms with van der Waals surface area (Å²) in [7, 11) is 0. The lowest BCUT2D eigenvalue weighted by Crippen LogP contribution is -2.35. The Labute approximate surface area is 247 Å². The van der Waals surface area contributed by atoms with E-state index in [4.69, 9.17) is 0 Å². The van der Waals surface area contributed by atoms with E-state index >= 15 is 0 Å².